The molecule has 0 spiro atoms. The number of benzene rings is 2. The molecule has 2 aromatic heterocycles. The summed E-state index contributed by atoms with van der Waals surface area (Å²) in [5, 5.41) is 10.0. The molecule has 180 valence electrons. The first-order chi connectivity index (χ1) is 17.0. The molecule has 6 nitrogen and oxygen atoms in total. The molecular formula is C29H32N4O2. The van der Waals surface area contributed by atoms with Crippen molar-refractivity contribution < 1.29 is 10.0 Å². The standard InChI is InChI=1S/C29H32N4O2/c1-19-3-7-25-23(17-31-27(25)14-19)11-12-33(18-24-13-20(2)16-30-24)28-9-6-22-15-21(4-8-26(22)28)5-10-29(34)32-35/h3-5,7-8,10,13-17,28,30-31,35H,6,9,11-12,18H2,1-2H3,(H,32,34). The van der Waals surface area contributed by atoms with Gasteiger partial charge in [0.15, 0.2) is 0 Å². The van der Waals surface area contributed by atoms with Crippen LogP contribution < -0.4 is 5.48 Å². The maximum Gasteiger partial charge on any atom is 0.267 e. The number of fused-ring (bicyclic) bond motifs is 2. The summed E-state index contributed by atoms with van der Waals surface area (Å²) in [5.41, 5.74) is 11.6. The van der Waals surface area contributed by atoms with Gasteiger partial charge in [-0.15, -0.1) is 0 Å². The number of amides is 1. The third-order valence-electron chi connectivity index (χ3n) is 7.04. The summed E-state index contributed by atoms with van der Waals surface area (Å²) in [4.78, 5) is 20.8. The minimum Gasteiger partial charge on any atom is -0.364 e. The molecule has 0 radical (unpaired) electrons. The second kappa shape index (κ2) is 9.94. The lowest BCUT2D eigenvalue weighted by Gasteiger charge is -2.29. The molecule has 2 heterocycles. The molecule has 1 amide bonds. The van der Waals surface area contributed by atoms with Crippen LogP contribution in [0.5, 0.6) is 0 Å². The number of hydroxylamine groups is 1. The summed E-state index contributed by atoms with van der Waals surface area (Å²) in [6.45, 7) is 6.08. The van der Waals surface area contributed by atoms with Crippen LogP contribution in [0.4, 0.5) is 0 Å². The van der Waals surface area contributed by atoms with Crippen LogP contribution in [0.25, 0.3) is 17.0 Å². The highest BCUT2D eigenvalue weighted by atomic mass is 16.5. The first-order valence-corrected chi connectivity index (χ1v) is 12.2. The predicted molar refractivity (Wildman–Crippen MR) is 139 cm³/mol. The van der Waals surface area contributed by atoms with Gasteiger partial charge in [0.05, 0.1) is 0 Å². The lowest BCUT2D eigenvalue weighted by atomic mass is 10.0. The Morgan fingerprint density at radius 2 is 2.00 bits per heavy atom. The molecule has 5 rings (SSSR count). The van der Waals surface area contributed by atoms with E-state index in [-0.39, 0.29) is 0 Å². The third kappa shape index (κ3) is 5.09. The number of H-pyrrole nitrogens is 2. The average Bonchev–Trinajstić information content (AvgIpc) is 3.58. The van der Waals surface area contributed by atoms with E-state index in [1.54, 1.807) is 11.6 Å². The Bertz CT molecular complexity index is 1380. The van der Waals surface area contributed by atoms with E-state index in [2.05, 4.69) is 83.6 Å². The number of nitrogens with zero attached hydrogens (tertiary/aromatic N) is 1. The number of rotatable bonds is 8. The number of aromatic amines is 2. The van der Waals surface area contributed by atoms with Gasteiger partial charge < -0.3 is 9.97 Å². The fourth-order valence-electron chi connectivity index (χ4n) is 5.30. The van der Waals surface area contributed by atoms with E-state index in [1.165, 1.54) is 50.5 Å². The highest BCUT2D eigenvalue weighted by Crippen LogP contribution is 2.37. The van der Waals surface area contributed by atoms with Crippen molar-refractivity contribution in [3.05, 3.63) is 100 Å². The normalized spacial score (nSPS) is 15.4. The molecule has 0 fully saturated rings. The zero-order valence-electron chi connectivity index (χ0n) is 20.3. The summed E-state index contributed by atoms with van der Waals surface area (Å²) < 4.78 is 0. The molecule has 1 aliphatic carbocycles. The van der Waals surface area contributed by atoms with Crippen LogP contribution in [0.1, 0.15) is 51.5 Å². The van der Waals surface area contributed by atoms with Crippen molar-refractivity contribution in [3.63, 3.8) is 0 Å². The van der Waals surface area contributed by atoms with Crippen molar-refractivity contribution in [2.75, 3.05) is 6.54 Å². The maximum absolute atomic E-state index is 11.3. The number of hydrogen-bond donors (Lipinski definition) is 4. The Morgan fingerprint density at radius 1 is 1.11 bits per heavy atom. The van der Waals surface area contributed by atoms with Crippen LogP contribution in [0.3, 0.4) is 0 Å². The second-order valence-corrected chi connectivity index (χ2v) is 9.61. The predicted octanol–water partition coefficient (Wildman–Crippen LogP) is 5.36. The first-order valence-electron chi connectivity index (χ1n) is 12.2. The van der Waals surface area contributed by atoms with Crippen LogP contribution in [0.15, 0.2) is 60.9 Å². The van der Waals surface area contributed by atoms with Crippen molar-refractivity contribution in [3.8, 4) is 0 Å². The molecule has 2 aromatic carbocycles. The fraction of sp³-hybridized carbons (Fsp3) is 0.276. The van der Waals surface area contributed by atoms with E-state index in [0.29, 0.717) is 6.04 Å². The van der Waals surface area contributed by atoms with Crippen molar-refractivity contribution in [1.29, 1.82) is 0 Å². The topological polar surface area (TPSA) is 84.2 Å². The Hall–Kier alpha value is -3.61. The largest absolute Gasteiger partial charge is 0.364 e. The van der Waals surface area contributed by atoms with Gasteiger partial charge in [0.2, 0.25) is 0 Å². The summed E-state index contributed by atoms with van der Waals surface area (Å²) in [5.74, 6) is -0.525. The Morgan fingerprint density at radius 3 is 2.80 bits per heavy atom. The maximum atomic E-state index is 11.3. The van der Waals surface area contributed by atoms with Crippen LogP contribution in [0, 0.1) is 13.8 Å². The Kier molecular flexibility index (Phi) is 6.57. The lowest BCUT2D eigenvalue weighted by molar-refractivity contribution is -0.124. The molecular weight excluding hydrogens is 436 g/mol. The average molecular weight is 469 g/mol. The van der Waals surface area contributed by atoms with Gasteiger partial charge in [0, 0.05) is 54.2 Å². The lowest BCUT2D eigenvalue weighted by Crippen LogP contribution is -2.29. The van der Waals surface area contributed by atoms with Crippen LogP contribution in [0.2, 0.25) is 0 Å². The van der Waals surface area contributed by atoms with Gasteiger partial charge in [-0.1, -0.05) is 30.3 Å². The third-order valence-corrected chi connectivity index (χ3v) is 7.04. The van der Waals surface area contributed by atoms with E-state index >= 15 is 0 Å². The van der Waals surface area contributed by atoms with E-state index in [4.69, 9.17) is 5.21 Å². The molecule has 4 aromatic rings. The number of aromatic nitrogens is 2. The second-order valence-electron chi connectivity index (χ2n) is 9.61. The van der Waals surface area contributed by atoms with Gasteiger partial charge in [-0.2, -0.15) is 0 Å². The SMILES string of the molecule is Cc1c[nH]c(CN(CCc2c[nH]c3cc(C)ccc23)C2CCc3cc(C=CC(=O)NO)ccc32)c1. The van der Waals surface area contributed by atoms with Crippen molar-refractivity contribution in [2.45, 2.75) is 45.7 Å². The molecule has 6 heteroatoms. The minimum absolute atomic E-state index is 0.347. The quantitative estimate of drug-likeness (QED) is 0.159. The van der Waals surface area contributed by atoms with Gasteiger partial charge in [0.25, 0.3) is 5.91 Å². The number of aryl methyl sites for hydroxylation is 3. The summed E-state index contributed by atoms with van der Waals surface area (Å²) in [7, 11) is 0. The van der Waals surface area contributed by atoms with Crippen LogP contribution in [-0.4, -0.2) is 32.5 Å². The Labute approximate surface area is 205 Å². The van der Waals surface area contributed by atoms with Gasteiger partial charge in [-0.25, -0.2) is 5.48 Å². The minimum atomic E-state index is -0.525. The monoisotopic (exact) mass is 468 g/mol. The van der Waals surface area contributed by atoms with Crippen LogP contribution in [-0.2, 0) is 24.2 Å². The molecule has 0 saturated heterocycles. The number of hydrogen-bond acceptors (Lipinski definition) is 3. The van der Waals surface area contributed by atoms with Crippen LogP contribution >= 0.6 is 0 Å². The van der Waals surface area contributed by atoms with Gasteiger partial charge in [-0.05, 0) is 84.7 Å². The van der Waals surface area contributed by atoms with E-state index in [1.807, 2.05) is 0 Å². The molecule has 0 bridgehead atoms. The fourth-order valence-corrected chi connectivity index (χ4v) is 5.30. The van der Waals surface area contributed by atoms with Gasteiger partial charge in [0.1, 0.15) is 0 Å². The van der Waals surface area contributed by atoms with E-state index in [0.717, 1.165) is 37.9 Å². The summed E-state index contributed by atoms with van der Waals surface area (Å²) >= 11 is 0. The smallest absolute Gasteiger partial charge is 0.267 e. The first kappa shape index (κ1) is 23.1. The van der Waals surface area contributed by atoms with Gasteiger partial charge >= 0.3 is 0 Å². The van der Waals surface area contributed by atoms with E-state index < -0.39 is 5.91 Å². The molecule has 0 saturated carbocycles. The molecule has 1 aliphatic rings. The number of nitrogens with one attached hydrogen (secondary N) is 3. The summed E-state index contributed by atoms with van der Waals surface area (Å²) in [6.07, 6.45) is 10.4. The van der Waals surface area contributed by atoms with Crippen molar-refractivity contribution >= 4 is 22.9 Å². The molecule has 0 aliphatic heterocycles. The van der Waals surface area contributed by atoms with Crippen molar-refractivity contribution in [2.24, 2.45) is 0 Å². The van der Waals surface area contributed by atoms with E-state index in [9.17, 15) is 4.79 Å². The number of carbonyl (C=O) groups excluding carboxylic acids is 1. The zero-order chi connectivity index (χ0) is 24.4. The highest BCUT2D eigenvalue weighted by molar-refractivity contribution is 5.90. The van der Waals surface area contributed by atoms with Gasteiger partial charge in [-0.3, -0.25) is 14.9 Å². The molecule has 1 atom stereocenters. The molecule has 35 heavy (non-hydrogen) atoms. The summed E-state index contributed by atoms with van der Waals surface area (Å²) in [6, 6.07) is 15.6. The molecule has 1 unspecified atom stereocenters. The highest BCUT2D eigenvalue weighted by Gasteiger charge is 2.28. The zero-order valence-corrected chi connectivity index (χ0v) is 20.3. The Balaban J connectivity index is 1.38. The van der Waals surface area contributed by atoms with Crippen molar-refractivity contribution in [1.82, 2.24) is 20.3 Å². The number of carbonyl (C=O) groups is 1. The molecule has 4 N–H and O–H groups in total.